The van der Waals surface area contributed by atoms with Gasteiger partial charge in [0.05, 0.1) is 18.0 Å². The zero-order valence-electron chi connectivity index (χ0n) is 15.5. The lowest BCUT2D eigenvalue weighted by Gasteiger charge is -2.30. The fourth-order valence-corrected chi connectivity index (χ4v) is 3.73. The molecular weight excluding hydrogens is 338 g/mol. The van der Waals surface area contributed by atoms with Crippen molar-refractivity contribution in [3.8, 4) is 0 Å². The fraction of sp³-hybridized carbons (Fsp3) is 0.364. The smallest absolute Gasteiger partial charge is 0.251 e. The average Bonchev–Trinajstić information content (AvgIpc) is 3.17. The van der Waals surface area contributed by atoms with Gasteiger partial charge in [0.2, 0.25) is 5.91 Å². The molecule has 2 amide bonds. The Hall–Kier alpha value is -2.66. The molecule has 0 spiro atoms. The molecule has 1 aliphatic rings. The van der Waals surface area contributed by atoms with Crippen molar-refractivity contribution < 1.29 is 9.59 Å². The van der Waals surface area contributed by atoms with Gasteiger partial charge >= 0.3 is 0 Å². The Balaban J connectivity index is 1.72. The van der Waals surface area contributed by atoms with E-state index < -0.39 is 6.04 Å². The molecule has 1 fully saturated rings. The maximum atomic E-state index is 12.7. The van der Waals surface area contributed by atoms with Gasteiger partial charge in [-0.15, -0.1) is 0 Å². The van der Waals surface area contributed by atoms with Gasteiger partial charge in [-0.2, -0.15) is 0 Å². The van der Waals surface area contributed by atoms with Crippen molar-refractivity contribution in [3.05, 3.63) is 71.8 Å². The second kappa shape index (κ2) is 8.82. The molecule has 3 rings (SSSR count). The Morgan fingerprint density at radius 1 is 0.963 bits per heavy atom. The molecular formula is C22H27N3O2. The van der Waals surface area contributed by atoms with E-state index in [9.17, 15) is 9.59 Å². The first-order valence-electron chi connectivity index (χ1n) is 9.54. The Bertz CT molecular complexity index is 756. The summed E-state index contributed by atoms with van der Waals surface area (Å²) in [4.78, 5) is 25.4. The molecule has 0 saturated heterocycles. The zero-order valence-corrected chi connectivity index (χ0v) is 15.5. The fourth-order valence-electron chi connectivity index (χ4n) is 3.73. The molecule has 2 aromatic rings. The summed E-state index contributed by atoms with van der Waals surface area (Å²) in [5, 5.41) is 6.14. The first-order chi connectivity index (χ1) is 13.1. The van der Waals surface area contributed by atoms with Gasteiger partial charge in [-0.05, 0) is 30.5 Å². The van der Waals surface area contributed by atoms with Crippen LogP contribution in [-0.4, -0.2) is 23.9 Å². The number of carbonyl (C=O) groups is 2. The maximum absolute atomic E-state index is 12.7. The van der Waals surface area contributed by atoms with Crippen molar-refractivity contribution in [1.29, 1.82) is 0 Å². The molecule has 0 aliphatic heterocycles. The minimum absolute atomic E-state index is 0.0791. The third-order valence-corrected chi connectivity index (χ3v) is 5.29. The number of rotatable bonds is 7. The lowest BCUT2D eigenvalue weighted by Crippen LogP contribution is -2.52. The summed E-state index contributed by atoms with van der Waals surface area (Å²) in [6, 6.07) is 18.2. The topological polar surface area (TPSA) is 84.2 Å². The van der Waals surface area contributed by atoms with Crippen LogP contribution in [0.5, 0.6) is 0 Å². The van der Waals surface area contributed by atoms with Gasteiger partial charge in [0.25, 0.3) is 5.91 Å². The number of amides is 2. The molecule has 142 valence electrons. The number of hydrogen-bond donors (Lipinski definition) is 3. The van der Waals surface area contributed by atoms with Gasteiger partial charge in [0, 0.05) is 12.1 Å². The van der Waals surface area contributed by atoms with Crippen molar-refractivity contribution in [2.24, 2.45) is 5.73 Å². The van der Waals surface area contributed by atoms with Gasteiger partial charge in [-0.25, -0.2) is 0 Å². The number of nitrogens with one attached hydrogen (secondary N) is 2. The highest BCUT2D eigenvalue weighted by Gasteiger charge is 2.34. The second-order valence-electron chi connectivity index (χ2n) is 7.25. The Morgan fingerprint density at radius 3 is 2.15 bits per heavy atom. The summed E-state index contributed by atoms with van der Waals surface area (Å²) < 4.78 is 0. The summed E-state index contributed by atoms with van der Waals surface area (Å²) in [6.07, 6.45) is 4.20. The predicted molar refractivity (Wildman–Crippen MR) is 106 cm³/mol. The molecule has 0 radical (unpaired) electrons. The minimum Gasteiger partial charge on any atom is -0.349 e. The Kier molecular flexibility index (Phi) is 6.24. The van der Waals surface area contributed by atoms with Crippen LogP contribution in [0.4, 0.5) is 0 Å². The first kappa shape index (κ1) is 19.1. The van der Waals surface area contributed by atoms with Gasteiger partial charge in [0.1, 0.15) is 0 Å². The lowest BCUT2D eigenvalue weighted by molar-refractivity contribution is -0.123. The highest BCUT2D eigenvalue weighted by molar-refractivity contribution is 5.94. The number of nitrogens with two attached hydrogens (primary N) is 1. The van der Waals surface area contributed by atoms with E-state index in [1.807, 2.05) is 48.5 Å². The second-order valence-corrected chi connectivity index (χ2v) is 7.25. The number of hydrogen-bond acceptors (Lipinski definition) is 3. The quantitative estimate of drug-likeness (QED) is 0.705. The molecule has 1 saturated carbocycles. The van der Waals surface area contributed by atoms with Crippen molar-refractivity contribution in [2.45, 2.75) is 43.7 Å². The van der Waals surface area contributed by atoms with Gasteiger partial charge in [-0.1, -0.05) is 61.4 Å². The van der Waals surface area contributed by atoms with Crippen molar-refractivity contribution in [2.75, 3.05) is 6.54 Å². The molecule has 1 unspecified atom stereocenters. The van der Waals surface area contributed by atoms with E-state index in [2.05, 4.69) is 10.6 Å². The molecule has 1 aliphatic carbocycles. The van der Waals surface area contributed by atoms with Crippen LogP contribution in [0.1, 0.15) is 54.1 Å². The summed E-state index contributed by atoms with van der Waals surface area (Å²) in [7, 11) is 0. The number of carbonyl (C=O) groups excluding carboxylic acids is 2. The summed E-state index contributed by atoms with van der Waals surface area (Å²) in [6.45, 7) is 0.450. The van der Waals surface area contributed by atoms with Crippen LogP contribution in [0.3, 0.4) is 0 Å². The summed E-state index contributed by atoms with van der Waals surface area (Å²) in [5.41, 5.74) is 7.13. The molecule has 27 heavy (non-hydrogen) atoms. The normalized spacial score (nSPS) is 16.5. The molecule has 2 aromatic carbocycles. The van der Waals surface area contributed by atoms with Crippen molar-refractivity contribution >= 4 is 11.8 Å². The monoisotopic (exact) mass is 365 g/mol. The van der Waals surface area contributed by atoms with Crippen LogP contribution < -0.4 is 16.4 Å². The SMILES string of the molecule is NCC1(NC(=O)CC(NC(=O)c2ccccc2)c2ccccc2)CCCC1. The third-order valence-electron chi connectivity index (χ3n) is 5.29. The Labute approximate surface area is 160 Å². The van der Waals surface area contributed by atoms with E-state index in [1.54, 1.807) is 12.1 Å². The highest BCUT2D eigenvalue weighted by Crippen LogP contribution is 2.29. The van der Waals surface area contributed by atoms with Crippen LogP contribution in [0.25, 0.3) is 0 Å². The molecule has 4 N–H and O–H groups in total. The molecule has 0 aromatic heterocycles. The van der Waals surface area contributed by atoms with Crippen molar-refractivity contribution in [3.63, 3.8) is 0 Å². The average molecular weight is 365 g/mol. The number of benzene rings is 2. The summed E-state index contributed by atoms with van der Waals surface area (Å²) in [5.74, 6) is -0.267. The van der Waals surface area contributed by atoms with E-state index in [0.717, 1.165) is 31.2 Å². The maximum Gasteiger partial charge on any atom is 0.251 e. The van der Waals surface area contributed by atoms with Gasteiger partial charge in [-0.3, -0.25) is 9.59 Å². The predicted octanol–water partition coefficient (Wildman–Crippen LogP) is 2.94. The Morgan fingerprint density at radius 2 is 1.56 bits per heavy atom. The van der Waals surface area contributed by atoms with E-state index in [-0.39, 0.29) is 23.8 Å². The molecule has 1 atom stereocenters. The molecule has 5 nitrogen and oxygen atoms in total. The molecule has 0 heterocycles. The van der Waals surface area contributed by atoms with Crippen LogP contribution >= 0.6 is 0 Å². The largest absolute Gasteiger partial charge is 0.349 e. The van der Waals surface area contributed by atoms with Crippen LogP contribution in [0.15, 0.2) is 60.7 Å². The van der Waals surface area contributed by atoms with Gasteiger partial charge < -0.3 is 16.4 Å². The minimum atomic E-state index is -0.393. The lowest BCUT2D eigenvalue weighted by atomic mass is 9.96. The van der Waals surface area contributed by atoms with Crippen LogP contribution in [0, 0.1) is 0 Å². The van der Waals surface area contributed by atoms with Crippen LogP contribution in [0.2, 0.25) is 0 Å². The zero-order chi connectivity index (χ0) is 19.1. The highest BCUT2D eigenvalue weighted by atomic mass is 16.2. The third kappa shape index (κ3) is 4.95. The molecule has 0 bridgehead atoms. The molecule has 5 heteroatoms. The standard InChI is InChI=1S/C22H27N3O2/c23-16-22(13-7-8-14-22)25-20(26)15-19(17-9-3-1-4-10-17)24-21(27)18-11-5-2-6-12-18/h1-6,9-12,19H,7-8,13-16,23H2,(H,24,27)(H,25,26). The van der Waals surface area contributed by atoms with E-state index >= 15 is 0 Å². The van der Waals surface area contributed by atoms with Crippen LogP contribution in [-0.2, 0) is 4.79 Å². The first-order valence-corrected chi connectivity index (χ1v) is 9.54. The van der Waals surface area contributed by atoms with E-state index in [1.165, 1.54) is 0 Å². The van der Waals surface area contributed by atoms with E-state index in [4.69, 9.17) is 5.73 Å². The van der Waals surface area contributed by atoms with Crippen molar-refractivity contribution in [1.82, 2.24) is 10.6 Å². The summed E-state index contributed by atoms with van der Waals surface area (Å²) >= 11 is 0. The van der Waals surface area contributed by atoms with Gasteiger partial charge in [0.15, 0.2) is 0 Å². The van der Waals surface area contributed by atoms with E-state index in [0.29, 0.717) is 12.1 Å².